The van der Waals surface area contributed by atoms with Crippen LogP contribution in [0.5, 0.6) is 0 Å². The number of anilines is 1. The van der Waals surface area contributed by atoms with E-state index in [0.29, 0.717) is 18.5 Å². The lowest BCUT2D eigenvalue weighted by atomic mass is 10.3. The summed E-state index contributed by atoms with van der Waals surface area (Å²) >= 11 is 0. The van der Waals surface area contributed by atoms with Gasteiger partial charge in [0.2, 0.25) is 5.89 Å². The van der Waals surface area contributed by atoms with Crippen LogP contribution < -0.4 is 10.6 Å². The van der Waals surface area contributed by atoms with Gasteiger partial charge in [0.15, 0.2) is 0 Å². The van der Waals surface area contributed by atoms with Crippen LogP contribution >= 0.6 is 0 Å². The number of aliphatic hydroxyl groups is 1. The van der Waals surface area contributed by atoms with E-state index in [-0.39, 0.29) is 19.2 Å². The van der Waals surface area contributed by atoms with Crippen molar-refractivity contribution in [2.75, 3.05) is 18.1 Å². The Morgan fingerprint density at radius 2 is 2.21 bits per heavy atom. The Morgan fingerprint density at radius 1 is 1.50 bits per heavy atom. The fourth-order valence-corrected chi connectivity index (χ4v) is 1.13. The lowest BCUT2D eigenvalue weighted by Crippen LogP contribution is -2.33. The van der Waals surface area contributed by atoms with Crippen molar-refractivity contribution in [1.29, 1.82) is 0 Å². The highest BCUT2D eigenvalue weighted by atomic mass is 16.4. The van der Waals surface area contributed by atoms with Crippen LogP contribution in [0.3, 0.4) is 0 Å². The Balaban J connectivity index is 2.76. The number of nitrogens with two attached hydrogens (primary N) is 1. The molecule has 6 nitrogen and oxygen atoms in total. The molecule has 6 heteroatoms. The fourth-order valence-electron chi connectivity index (χ4n) is 1.13. The van der Waals surface area contributed by atoms with Gasteiger partial charge in [-0.1, -0.05) is 5.10 Å². The summed E-state index contributed by atoms with van der Waals surface area (Å²) in [6.45, 7) is 4.74. The minimum Gasteiger partial charge on any atom is -0.407 e. The Hall–Kier alpha value is -1.14. The number of rotatable bonds is 5. The van der Waals surface area contributed by atoms with Gasteiger partial charge in [-0.05, 0) is 13.8 Å². The van der Waals surface area contributed by atoms with Crippen molar-refractivity contribution in [2.45, 2.75) is 26.4 Å². The first-order valence-corrected chi connectivity index (χ1v) is 4.59. The molecular weight excluding hydrogens is 184 g/mol. The van der Waals surface area contributed by atoms with Gasteiger partial charge >= 0.3 is 6.01 Å². The van der Waals surface area contributed by atoms with E-state index in [4.69, 9.17) is 15.3 Å². The zero-order valence-corrected chi connectivity index (χ0v) is 8.47. The molecule has 0 aliphatic heterocycles. The van der Waals surface area contributed by atoms with E-state index in [1.807, 2.05) is 18.7 Å². The molecule has 0 amide bonds. The number of hydrogen-bond donors (Lipinski definition) is 2. The van der Waals surface area contributed by atoms with Crippen molar-refractivity contribution in [3.63, 3.8) is 0 Å². The zero-order valence-electron chi connectivity index (χ0n) is 8.47. The molecule has 0 radical (unpaired) electrons. The highest BCUT2D eigenvalue weighted by Crippen LogP contribution is 2.14. The minimum absolute atomic E-state index is 0.0541. The molecule has 0 aliphatic rings. The van der Waals surface area contributed by atoms with E-state index in [2.05, 4.69) is 10.2 Å². The molecule has 1 aromatic heterocycles. The molecule has 0 bridgehead atoms. The molecule has 0 aromatic carbocycles. The summed E-state index contributed by atoms with van der Waals surface area (Å²) in [7, 11) is 0. The Labute approximate surface area is 82.7 Å². The Kier molecular flexibility index (Phi) is 3.84. The van der Waals surface area contributed by atoms with Crippen molar-refractivity contribution >= 4 is 6.01 Å². The quantitative estimate of drug-likeness (QED) is 0.680. The van der Waals surface area contributed by atoms with E-state index >= 15 is 0 Å². The van der Waals surface area contributed by atoms with Crippen LogP contribution in [0.4, 0.5) is 6.01 Å². The summed E-state index contributed by atoms with van der Waals surface area (Å²) < 4.78 is 5.28. The predicted octanol–water partition coefficient (Wildman–Crippen LogP) is -0.265. The van der Waals surface area contributed by atoms with Crippen LogP contribution in [0.1, 0.15) is 19.7 Å². The molecule has 0 fully saturated rings. The van der Waals surface area contributed by atoms with Crippen LogP contribution in [-0.4, -0.2) is 34.5 Å². The van der Waals surface area contributed by atoms with Crippen LogP contribution in [0.25, 0.3) is 0 Å². The van der Waals surface area contributed by atoms with Crippen molar-refractivity contribution < 1.29 is 9.52 Å². The smallest absolute Gasteiger partial charge is 0.318 e. The molecule has 1 aromatic rings. The summed E-state index contributed by atoms with van der Waals surface area (Å²) in [5.74, 6) is 0.406. The summed E-state index contributed by atoms with van der Waals surface area (Å²) in [6, 6.07) is 0.614. The lowest BCUT2D eigenvalue weighted by Gasteiger charge is -2.22. The second-order valence-corrected chi connectivity index (χ2v) is 3.19. The average molecular weight is 200 g/mol. The molecular formula is C8H16N4O2. The first-order valence-electron chi connectivity index (χ1n) is 4.59. The first kappa shape index (κ1) is 10.9. The van der Waals surface area contributed by atoms with Gasteiger partial charge in [0.1, 0.15) is 0 Å². The molecule has 0 spiro atoms. The van der Waals surface area contributed by atoms with Crippen LogP contribution in [0.15, 0.2) is 4.42 Å². The predicted molar refractivity (Wildman–Crippen MR) is 51.8 cm³/mol. The van der Waals surface area contributed by atoms with E-state index in [9.17, 15) is 0 Å². The standard InChI is InChI=1S/C8H16N4O2/c1-6(2)12(3-4-13)8-11-10-7(5-9)14-8/h6,13H,3-5,9H2,1-2H3. The minimum atomic E-state index is 0.0541. The second-order valence-electron chi connectivity index (χ2n) is 3.19. The molecule has 0 atom stereocenters. The molecule has 3 N–H and O–H groups in total. The summed E-state index contributed by atoms with van der Waals surface area (Å²) in [6.07, 6.45) is 0. The van der Waals surface area contributed by atoms with Crippen LogP contribution in [0, 0.1) is 0 Å². The number of nitrogens with zero attached hydrogens (tertiary/aromatic N) is 3. The van der Waals surface area contributed by atoms with Crippen molar-refractivity contribution in [1.82, 2.24) is 10.2 Å². The molecule has 0 aliphatic carbocycles. The van der Waals surface area contributed by atoms with Gasteiger partial charge in [0.25, 0.3) is 0 Å². The van der Waals surface area contributed by atoms with Gasteiger partial charge in [-0.15, -0.1) is 5.10 Å². The summed E-state index contributed by atoms with van der Waals surface area (Å²) in [4.78, 5) is 1.83. The van der Waals surface area contributed by atoms with Crippen LogP contribution in [-0.2, 0) is 6.54 Å². The SMILES string of the molecule is CC(C)N(CCO)c1nnc(CN)o1. The molecule has 0 unspecified atom stereocenters. The fraction of sp³-hybridized carbons (Fsp3) is 0.750. The first-order chi connectivity index (χ1) is 6.69. The van der Waals surface area contributed by atoms with Crippen molar-refractivity contribution in [3.8, 4) is 0 Å². The Morgan fingerprint density at radius 3 is 2.64 bits per heavy atom. The Bertz CT molecular complexity index is 274. The van der Waals surface area contributed by atoms with Gasteiger partial charge in [0, 0.05) is 12.6 Å². The van der Waals surface area contributed by atoms with Gasteiger partial charge in [-0.2, -0.15) is 0 Å². The topological polar surface area (TPSA) is 88.4 Å². The highest BCUT2D eigenvalue weighted by molar-refractivity contribution is 5.25. The maximum absolute atomic E-state index is 8.85. The zero-order chi connectivity index (χ0) is 10.6. The molecule has 1 heterocycles. The third kappa shape index (κ3) is 2.43. The molecule has 80 valence electrons. The summed E-state index contributed by atoms with van der Waals surface area (Å²) in [5, 5.41) is 16.5. The molecule has 1 rings (SSSR count). The molecule has 14 heavy (non-hydrogen) atoms. The van der Waals surface area contributed by atoms with E-state index in [1.165, 1.54) is 0 Å². The largest absolute Gasteiger partial charge is 0.407 e. The second kappa shape index (κ2) is 4.92. The van der Waals surface area contributed by atoms with Gasteiger partial charge in [-0.3, -0.25) is 0 Å². The highest BCUT2D eigenvalue weighted by Gasteiger charge is 2.16. The summed E-state index contributed by atoms with van der Waals surface area (Å²) in [5.41, 5.74) is 5.35. The number of aliphatic hydroxyl groups excluding tert-OH is 1. The van der Waals surface area contributed by atoms with Crippen molar-refractivity contribution in [2.24, 2.45) is 5.73 Å². The third-order valence-electron chi connectivity index (χ3n) is 1.84. The molecule has 0 saturated heterocycles. The van der Waals surface area contributed by atoms with Gasteiger partial charge in [0.05, 0.1) is 13.2 Å². The monoisotopic (exact) mass is 200 g/mol. The van der Waals surface area contributed by atoms with Gasteiger partial charge < -0.3 is 20.2 Å². The lowest BCUT2D eigenvalue weighted by molar-refractivity contribution is 0.294. The maximum atomic E-state index is 8.85. The average Bonchev–Trinajstić information content (AvgIpc) is 2.61. The number of aromatic nitrogens is 2. The van der Waals surface area contributed by atoms with Crippen LogP contribution in [0.2, 0.25) is 0 Å². The van der Waals surface area contributed by atoms with E-state index < -0.39 is 0 Å². The van der Waals surface area contributed by atoms with Crippen molar-refractivity contribution in [3.05, 3.63) is 5.89 Å². The normalized spacial score (nSPS) is 10.9. The van der Waals surface area contributed by atoms with E-state index in [1.54, 1.807) is 0 Å². The van der Waals surface area contributed by atoms with E-state index in [0.717, 1.165) is 0 Å². The van der Waals surface area contributed by atoms with Gasteiger partial charge in [-0.25, -0.2) is 0 Å². The molecule has 0 saturated carbocycles. The number of hydrogen-bond acceptors (Lipinski definition) is 6. The third-order valence-corrected chi connectivity index (χ3v) is 1.84. The maximum Gasteiger partial charge on any atom is 0.318 e.